The van der Waals surface area contributed by atoms with Gasteiger partial charge in [-0.25, -0.2) is 8.42 Å². The monoisotopic (exact) mass is 394 g/mol. The van der Waals surface area contributed by atoms with Gasteiger partial charge >= 0.3 is 0 Å². The van der Waals surface area contributed by atoms with Crippen LogP contribution in [0.4, 0.5) is 0 Å². The van der Waals surface area contributed by atoms with Crippen LogP contribution in [-0.4, -0.2) is 57.3 Å². The number of carbonyl (C=O) groups is 1. The van der Waals surface area contributed by atoms with Crippen LogP contribution in [0.25, 0.3) is 0 Å². The summed E-state index contributed by atoms with van der Waals surface area (Å²) in [4.78, 5) is 14.6. The van der Waals surface area contributed by atoms with E-state index in [2.05, 4.69) is 10.2 Å². The molecule has 1 fully saturated rings. The molecule has 1 atom stereocenters. The molecule has 0 spiro atoms. The molecule has 0 aliphatic carbocycles. The lowest BCUT2D eigenvalue weighted by molar-refractivity contribution is -0.130. The van der Waals surface area contributed by atoms with Crippen molar-refractivity contribution in [2.75, 3.05) is 17.3 Å². The fraction of sp³-hybridized carbons (Fsp3) is 0.471. The van der Waals surface area contributed by atoms with Crippen molar-refractivity contribution in [1.82, 2.24) is 19.7 Å². The molecular weight excluding hydrogens is 372 g/mol. The number of aryl methyl sites for hydroxylation is 1. The third-order valence-corrected chi connectivity index (χ3v) is 7.30. The predicted octanol–water partition coefficient (Wildman–Crippen LogP) is 1.43. The Morgan fingerprint density at radius 2 is 2.04 bits per heavy atom. The molecule has 1 aliphatic heterocycles. The zero-order valence-corrected chi connectivity index (χ0v) is 16.5. The molecule has 0 unspecified atom stereocenters. The van der Waals surface area contributed by atoms with Gasteiger partial charge in [0.15, 0.2) is 15.0 Å². The molecule has 140 valence electrons. The number of amides is 1. The predicted molar refractivity (Wildman–Crippen MR) is 101 cm³/mol. The second kappa shape index (κ2) is 7.79. The second-order valence-corrected chi connectivity index (χ2v) is 9.61. The second-order valence-electron chi connectivity index (χ2n) is 6.44. The first kappa shape index (κ1) is 18.9. The highest BCUT2D eigenvalue weighted by Gasteiger charge is 2.34. The largest absolute Gasteiger partial charge is 0.334 e. The van der Waals surface area contributed by atoms with Gasteiger partial charge in [-0.05, 0) is 18.9 Å². The SMILES string of the molecule is Cc1nnc(SCC(=O)N(Cc2ccccc2)[C@H]2CCS(=O)(=O)C2)n1C. The van der Waals surface area contributed by atoms with Crippen molar-refractivity contribution in [3.63, 3.8) is 0 Å². The molecule has 2 aromatic rings. The van der Waals surface area contributed by atoms with Crippen LogP contribution in [0, 0.1) is 6.92 Å². The van der Waals surface area contributed by atoms with Gasteiger partial charge in [0.1, 0.15) is 5.82 Å². The van der Waals surface area contributed by atoms with Crippen molar-refractivity contribution >= 4 is 27.5 Å². The molecule has 2 heterocycles. The minimum absolute atomic E-state index is 0.0410. The van der Waals surface area contributed by atoms with Crippen molar-refractivity contribution in [3.8, 4) is 0 Å². The highest BCUT2D eigenvalue weighted by Crippen LogP contribution is 2.23. The summed E-state index contributed by atoms with van der Waals surface area (Å²) in [5, 5.41) is 8.73. The Morgan fingerprint density at radius 3 is 2.62 bits per heavy atom. The van der Waals surface area contributed by atoms with Crippen LogP contribution < -0.4 is 0 Å². The molecular formula is C17H22N4O3S2. The first-order chi connectivity index (χ1) is 12.4. The summed E-state index contributed by atoms with van der Waals surface area (Å²) in [5.41, 5.74) is 0.990. The van der Waals surface area contributed by atoms with Gasteiger partial charge in [0.05, 0.1) is 17.3 Å². The van der Waals surface area contributed by atoms with Crippen LogP contribution in [0.2, 0.25) is 0 Å². The third-order valence-electron chi connectivity index (χ3n) is 4.54. The zero-order chi connectivity index (χ0) is 18.7. The van der Waals surface area contributed by atoms with E-state index in [4.69, 9.17) is 0 Å². The number of benzene rings is 1. The van der Waals surface area contributed by atoms with Crippen molar-refractivity contribution in [3.05, 3.63) is 41.7 Å². The Balaban J connectivity index is 1.73. The van der Waals surface area contributed by atoms with E-state index in [0.29, 0.717) is 18.1 Å². The van der Waals surface area contributed by atoms with E-state index in [9.17, 15) is 13.2 Å². The quantitative estimate of drug-likeness (QED) is 0.689. The van der Waals surface area contributed by atoms with Crippen molar-refractivity contribution in [2.45, 2.75) is 31.1 Å². The summed E-state index contributed by atoms with van der Waals surface area (Å²) >= 11 is 1.32. The van der Waals surface area contributed by atoms with E-state index >= 15 is 0 Å². The Morgan fingerprint density at radius 1 is 1.31 bits per heavy atom. The first-order valence-electron chi connectivity index (χ1n) is 8.38. The number of sulfone groups is 1. The Labute approximate surface area is 157 Å². The van der Waals surface area contributed by atoms with E-state index in [0.717, 1.165) is 11.4 Å². The zero-order valence-electron chi connectivity index (χ0n) is 14.8. The number of thioether (sulfide) groups is 1. The van der Waals surface area contributed by atoms with E-state index in [1.54, 1.807) is 4.90 Å². The maximum absolute atomic E-state index is 12.9. The minimum Gasteiger partial charge on any atom is -0.334 e. The van der Waals surface area contributed by atoms with E-state index in [1.807, 2.05) is 48.9 Å². The lowest BCUT2D eigenvalue weighted by atomic mass is 10.1. The average Bonchev–Trinajstić information content (AvgIpc) is 3.14. The smallest absolute Gasteiger partial charge is 0.233 e. The maximum atomic E-state index is 12.9. The summed E-state index contributed by atoms with van der Waals surface area (Å²) < 4.78 is 25.6. The summed E-state index contributed by atoms with van der Waals surface area (Å²) in [7, 11) is -1.21. The summed E-state index contributed by atoms with van der Waals surface area (Å²) in [6, 6.07) is 9.38. The number of carbonyl (C=O) groups excluding carboxylic acids is 1. The van der Waals surface area contributed by atoms with Crippen LogP contribution in [-0.2, 0) is 28.2 Å². The first-order valence-corrected chi connectivity index (χ1v) is 11.2. The molecule has 1 aliphatic rings. The third kappa shape index (κ3) is 4.45. The minimum atomic E-state index is -3.06. The maximum Gasteiger partial charge on any atom is 0.233 e. The number of nitrogens with zero attached hydrogens (tertiary/aromatic N) is 4. The molecule has 3 rings (SSSR count). The molecule has 0 bridgehead atoms. The molecule has 0 saturated carbocycles. The van der Waals surface area contributed by atoms with Gasteiger partial charge in [-0.2, -0.15) is 0 Å². The molecule has 7 nitrogen and oxygen atoms in total. The molecule has 1 saturated heterocycles. The van der Waals surface area contributed by atoms with Gasteiger partial charge in [0.2, 0.25) is 5.91 Å². The van der Waals surface area contributed by atoms with Gasteiger partial charge in [0, 0.05) is 19.6 Å². The molecule has 0 radical (unpaired) electrons. The topological polar surface area (TPSA) is 85.2 Å². The van der Waals surface area contributed by atoms with Gasteiger partial charge < -0.3 is 9.47 Å². The Kier molecular flexibility index (Phi) is 5.67. The Bertz CT molecular complexity index is 881. The van der Waals surface area contributed by atoms with Crippen LogP contribution >= 0.6 is 11.8 Å². The standard InChI is InChI=1S/C17H22N4O3S2/c1-13-18-19-17(20(13)2)25-11-16(22)21(10-14-6-4-3-5-7-14)15-8-9-26(23,24)12-15/h3-7,15H,8-12H2,1-2H3/t15-/m0/s1. The lowest BCUT2D eigenvalue weighted by Crippen LogP contribution is -2.41. The van der Waals surface area contributed by atoms with Crippen LogP contribution in [0.15, 0.2) is 35.5 Å². The molecule has 0 N–H and O–H groups in total. The summed E-state index contributed by atoms with van der Waals surface area (Å²) in [6.07, 6.45) is 0.495. The molecule has 1 aromatic heterocycles. The van der Waals surface area contributed by atoms with Gasteiger partial charge in [-0.15, -0.1) is 10.2 Å². The van der Waals surface area contributed by atoms with Gasteiger partial charge in [-0.1, -0.05) is 42.1 Å². The molecule has 1 amide bonds. The van der Waals surface area contributed by atoms with Crippen molar-refractivity contribution < 1.29 is 13.2 Å². The van der Waals surface area contributed by atoms with E-state index in [1.165, 1.54) is 11.8 Å². The lowest BCUT2D eigenvalue weighted by Gasteiger charge is -2.28. The molecule has 9 heteroatoms. The van der Waals surface area contributed by atoms with Crippen molar-refractivity contribution in [1.29, 1.82) is 0 Å². The van der Waals surface area contributed by atoms with Crippen molar-refractivity contribution in [2.24, 2.45) is 7.05 Å². The van der Waals surface area contributed by atoms with Crippen LogP contribution in [0.1, 0.15) is 17.8 Å². The highest BCUT2D eigenvalue weighted by atomic mass is 32.2. The fourth-order valence-electron chi connectivity index (χ4n) is 2.94. The number of rotatable bonds is 6. The number of aromatic nitrogens is 3. The van der Waals surface area contributed by atoms with Gasteiger partial charge in [0.25, 0.3) is 0 Å². The summed E-state index contributed by atoms with van der Waals surface area (Å²) in [6.45, 7) is 2.27. The average molecular weight is 395 g/mol. The van der Waals surface area contributed by atoms with Gasteiger partial charge in [-0.3, -0.25) is 4.79 Å². The molecule has 26 heavy (non-hydrogen) atoms. The van der Waals surface area contributed by atoms with E-state index in [-0.39, 0.29) is 29.2 Å². The molecule has 1 aromatic carbocycles. The van der Waals surface area contributed by atoms with Crippen LogP contribution in [0.5, 0.6) is 0 Å². The Hall–Kier alpha value is -1.87. The normalized spacial score (nSPS) is 18.8. The van der Waals surface area contributed by atoms with E-state index < -0.39 is 9.84 Å². The fourth-order valence-corrected chi connectivity index (χ4v) is 5.52. The van der Waals surface area contributed by atoms with Crippen LogP contribution in [0.3, 0.4) is 0 Å². The highest BCUT2D eigenvalue weighted by molar-refractivity contribution is 7.99. The summed E-state index contributed by atoms with van der Waals surface area (Å²) in [5.74, 6) is 1.09. The number of hydrogen-bond acceptors (Lipinski definition) is 6. The number of hydrogen-bond donors (Lipinski definition) is 0.